The number of thioether (sulfide) groups is 1. The quantitative estimate of drug-likeness (QED) is 0.889. The Bertz CT molecular complexity index is 584. The van der Waals surface area contributed by atoms with E-state index in [1.165, 1.54) is 22.9 Å². The van der Waals surface area contributed by atoms with Gasteiger partial charge in [0.2, 0.25) is 0 Å². The van der Waals surface area contributed by atoms with Gasteiger partial charge in [-0.15, -0.1) is 11.8 Å². The molecule has 2 aromatic rings. The lowest BCUT2D eigenvalue weighted by Gasteiger charge is -2.09. The van der Waals surface area contributed by atoms with Crippen LogP contribution in [-0.4, -0.2) is 17.1 Å². The molecule has 0 radical (unpaired) electrons. The molecule has 1 aliphatic heterocycles. The minimum Gasteiger partial charge on any atom is -0.480 e. The minimum absolute atomic E-state index is 0.515. The molecule has 2 bridgehead atoms. The number of hydrogen-bond acceptors (Lipinski definition) is 3. The normalized spacial score (nSPS) is 17.0. The van der Waals surface area contributed by atoms with Crippen molar-refractivity contribution in [3.8, 4) is 0 Å². The third-order valence-electron chi connectivity index (χ3n) is 2.91. The van der Waals surface area contributed by atoms with Crippen LogP contribution in [0.5, 0.6) is 0 Å². The average Bonchev–Trinajstić information content (AvgIpc) is 2.75. The zero-order chi connectivity index (χ0) is 14.5. The van der Waals surface area contributed by atoms with Crippen LogP contribution in [0.1, 0.15) is 23.3 Å². The number of benzene rings is 2. The molecule has 0 aromatic heterocycles. The van der Waals surface area contributed by atoms with Crippen LogP contribution in [0.4, 0.5) is 0 Å². The largest absolute Gasteiger partial charge is 0.480 e. The Labute approximate surface area is 122 Å². The number of rotatable bonds is 2. The Kier molecular flexibility index (Phi) is 4.82. The summed E-state index contributed by atoms with van der Waals surface area (Å²) in [5.74, 6) is -0.963. The summed E-state index contributed by atoms with van der Waals surface area (Å²) in [5.41, 5.74) is 7.67. The third kappa shape index (κ3) is 3.62. The van der Waals surface area contributed by atoms with Gasteiger partial charge >= 0.3 is 5.97 Å². The van der Waals surface area contributed by atoms with Crippen LogP contribution < -0.4 is 5.73 Å². The number of carboxylic acids is 1. The lowest BCUT2D eigenvalue weighted by Crippen LogP contribution is -2.25. The van der Waals surface area contributed by atoms with Gasteiger partial charge in [0, 0.05) is 4.90 Å². The van der Waals surface area contributed by atoms with Crippen molar-refractivity contribution < 1.29 is 9.90 Å². The summed E-state index contributed by atoms with van der Waals surface area (Å²) in [6.45, 7) is 1.42. The van der Waals surface area contributed by atoms with Crippen molar-refractivity contribution in [3.63, 3.8) is 0 Å². The van der Waals surface area contributed by atoms with Gasteiger partial charge in [0.25, 0.3) is 0 Å². The predicted octanol–water partition coefficient (Wildman–Crippen LogP) is 3.30. The summed E-state index contributed by atoms with van der Waals surface area (Å²) in [6.07, 6.45) is 0. The fourth-order valence-corrected chi connectivity index (χ4v) is 3.05. The van der Waals surface area contributed by atoms with E-state index in [1.54, 1.807) is 0 Å². The summed E-state index contributed by atoms with van der Waals surface area (Å²) < 4.78 is 0. The highest BCUT2D eigenvalue weighted by molar-refractivity contribution is 8.00. The molecule has 3 N–H and O–H groups in total. The second-order valence-electron chi connectivity index (χ2n) is 4.61. The highest BCUT2D eigenvalue weighted by Gasteiger charge is 2.21. The first-order chi connectivity index (χ1) is 9.58. The molecule has 0 fully saturated rings. The second kappa shape index (κ2) is 6.59. The molecule has 2 atom stereocenters. The fourth-order valence-electron chi connectivity index (χ4n) is 1.84. The van der Waals surface area contributed by atoms with Crippen molar-refractivity contribution in [3.05, 3.63) is 65.7 Å². The summed E-state index contributed by atoms with van der Waals surface area (Å²) >= 11 is 1.94. The van der Waals surface area contributed by atoms with E-state index >= 15 is 0 Å². The summed E-state index contributed by atoms with van der Waals surface area (Å²) in [7, 11) is 0. The van der Waals surface area contributed by atoms with Gasteiger partial charge in [-0.05, 0) is 30.2 Å². The van der Waals surface area contributed by atoms with E-state index in [0.29, 0.717) is 5.25 Å². The first-order valence-electron chi connectivity index (χ1n) is 6.38. The lowest BCUT2D eigenvalue weighted by atomic mass is 10.1. The Balaban J connectivity index is 0.000000212. The molecular formula is C16H17NO2S. The molecule has 0 aliphatic carbocycles. The molecule has 3 rings (SSSR count). The molecular weight excluding hydrogens is 270 g/mol. The molecule has 0 spiro atoms. The molecule has 0 saturated carbocycles. The first-order valence-corrected chi connectivity index (χ1v) is 7.26. The van der Waals surface area contributed by atoms with Crippen molar-refractivity contribution in [1.82, 2.24) is 0 Å². The van der Waals surface area contributed by atoms with Crippen molar-refractivity contribution in [1.29, 1.82) is 0 Å². The molecule has 0 saturated heterocycles. The smallest absolute Gasteiger partial charge is 0.320 e. The number of carboxylic acid groups (broad SMARTS) is 1. The van der Waals surface area contributed by atoms with Crippen molar-refractivity contribution in [2.45, 2.75) is 23.1 Å². The van der Waals surface area contributed by atoms with Gasteiger partial charge in [-0.25, -0.2) is 0 Å². The van der Waals surface area contributed by atoms with Gasteiger partial charge in [0.05, 0.1) is 5.25 Å². The van der Waals surface area contributed by atoms with E-state index in [-0.39, 0.29) is 0 Å². The Hall–Kier alpha value is -1.78. The van der Waals surface area contributed by atoms with Crippen molar-refractivity contribution >= 4 is 17.7 Å². The molecule has 4 heteroatoms. The zero-order valence-corrected chi connectivity index (χ0v) is 12.0. The molecule has 1 aliphatic rings. The van der Waals surface area contributed by atoms with E-state index in [9.17, 15) is 4.79 Å². The van der Waals surface area contributed by atoms with Crippen molar-refractivity contribution in [2.24, 2.45) is 5.73 Å². The minimum atomic E-state index is -0.963. The third-order valence-corrected chi connectivity index (χ3v) is 4.21. The first kappa shape index (κ1) is 14.6. The molecule has 3 nitrogen and oxygen atoms in total. The number of aliphatic carboxylic acids is 1. The Morgan fingerprint density at radius 1 is 1.15 bits per heavy atom. The topological polar surface area (TPSA) is 63.3 Å². The zero-order valence-electron chi connectivity index (χ0n) is 11.2. The average molecular weight is 287 g/mol. The van der Waals surface area contributed by atoms with Crippen LogP contribution in [0, 0.1) is 0 Å². The van der Waals surface area contributed by atoms with Crippen LogP contribution in [0.25, 0.3) is 0 Å². The number of fused-ring (bicyclic) bond motifs is 2. The van der Waals surface area contributed by atoms with Gasteiger partial charge in [0.15, 0.2) is 0 Å². The summed E-state index contributed by atoms with van der Waals surface area (Å²) in [4.78, 5) is 11.0. The van der Waals surface area contributed by atoms with E-state index in [4.69, 9.17) is 10.8 Å². The van der Waals surface area contributed by atoms with Crippen LogP contribution in [0.15, 0.2) is 59.5 Å². The van der Waals surface area contributed by atoms with Gasteiger partial charge in [-0.1, -0.05) is 42.5 Å². The van der Waals surface area contributed by atoms with Gasteiger partial charge in [0.1, 0.15) is 6.04 Å². The predicted molar refractivity (Wildman–Crippen MR) is 81.9 cm³/mol. The Morgan fingerprint density at radius 2 is 1.75 bits per heavy atom. The molecule has 2 unspecified atom stereocenters. The SMILES string of the molecule is CC(N)C(=O)O.c1ccc(C2Sc3cccc2c3)cc1. The number of nitrogens with two attached hydrogens (primary N) is 1. The highest BCUT2D eigenvalue weighted by Crippen LogP contribution is 2.46. The molecule has 20 heavy (non-hydrogen) atoms. The van der Waals surface area contributed by atoms with Gasteiger partial charge < -0.3 is 10.8 Å². The van der Waals surface area contributed by atoms with E-state index in [1.807, 2.05) is 11.8 Å². The molecule has 104 valence electrons. The second-order valence-corrected chi connectivity index (χ2v) is 5.79. The van der Waals surface area contributed by atoms with Crippen molar-refractivity contribution in [2.75, 3.05) is 0 Å². The molecule has 0 amide bonds. The Morgan fingerprint density at radius 3 is 2.30 bits per heavy atom. The number of carbonyl (C=O) groups is 1. The number of hydrogen-bond donors (Lipinski definition) is 2. The highest BCUT2D eigenvalue weighted by atomic mass is 32.2. The molecule has 1 heterocycles. The van der Waals surface area contributed by atoms with Gasteiger partial charge in [-0.3, -0.25) is 4.79 Å². The standard InChI is InChI=1S/C13H10S.C3H7NO2/c1-2-5-10(6-3-1)13-11-7-4-8-12(9-11)14-13;1-2(4)3(5)6/h1-9,13H;2H,4H2,1H3,(H,5,6). The van der Waals surface area contributed by atoms with E-state index in [0.717, 1.165) is 0 Å². The summed E-state index contributed by atoms with van der Waals surface area (Å²) in [5, 5.41) is 8.38. The monoisotopic (exact) mass is 287 g/mol. The lowest BCUT2D eigenvalue weighted by molar-refractivity contribution is -0.138. The maximum Gasteiger partial charge on any atom is 0.320 e. The van der Waals surface area contributed by atoms with E-state index < -0.39 is 12.0 Å². The van der Waals surface area contributed by atoms with Crippen LogP contribution in [0.2, 0.25) is 0 Å². The summed E-state index contributed by atoms with van der Waals surface area (Å²) in [6, 6.07) is 18.8. The van der Waals surface area contributed by atoms with Crippen LogP contribution in [-0.2, 0) is 4.79 Å². The van der Waals surface area contributed by atoms with Crippen LogP contribution >= 0.6 is 11.8 Å². The maximum absolute atomic E-state index is 9.57. The van der Waals surface area contributed by atoms with Crippen LogP contribution in [0.3, 0.4) is 0 Å². The molecule has 2 aromatic carbocycles. The maximum atomic E-state index is 9.57. The van der Waals surface area contributed by atoms with Gasteiger partial charge in [-0.2, -0.15) is 0 Å². The fraction of sp³-hybridized carbons (Fsp3) is 0.188. The van der Waals surface area contributed by atoms with E-state index in [2.05, 4.69) is 54.6 Å².